The molecule has 0 atom stereocenters. The van der Waals surface area contributed by atoms with Gasteiger partial charge in [0.1, 0.15) is 11.8 Å². The maximum atomic E-state index is 4.62. The average Bonchev–Trinajstić information content (AvgIpc) is 2.73. The first-order valence-electron chi connectivity index (χ1n) is 5.15. The molecule has 0 aliphatic rings. The molecule has 0 saturated carbocycles. The number of rotatable bonds is 0. The minimum absolute atomic E-state index is 0.830. The summed E-state index contributed by atoms with van der Waals surface area (Å²) < 4.78 is 2.29. The van der Waals surface area contributed by atoms with Gasteiger partial charge in [0.05, 0.1) is 26.6 Å². The van der Waals surface area contributed by atoms with E-state index in [1.807, 2.05) is 12.3 Å². The van der Waals surface area contributed by atoms with Gasteiger partial charge in [0.25, 0.3) is 0 Å². The molecule has 0 aliphatic carbocycles. The lowest BCUT2D eigenvalue weighted by Crippen LogP contribution is -1.84. The second-order valence-corrected chi connectivity index (χ2v) is 4.82. The average molecular weight is 238 g/mol. The Balaban J connectivity index is 2.28. The van der Waals surface area contributed by atoms with Gasteiger partial charge in [-0.25, -0.2) is 15.0 Å². The predicted molar refractivity (Wildman–Crippen MR) is 68.0 cm³/mol. The molecule has 4 rings (SSSR count). The first-order valence-corrected chi connectivity index (χ1v) is 5.96. The van der Waals surface area contributed by atoms with Crippen molar-refractivity contribution in [1.29, 1.82) is 0 Å². The quantitative estimate of drug-likeness (QED) is 0.472. The molecule has 0 saturated heterocycles. The topological polar surface area (TPSA) is 51.6 Å². The van der Waals surface area contributed by atoms with Crippen molar-refractivity contribution in [1.82, 2.24) is 19.9 Å². The van der Waals surface area contributed by atoms with Gasteiger partial charge in [0.15, 0.2) is 0 Å². The highest BCUT2D eigenvalue weighted by atomic mass is 32.1. The van der Waals surface area contributed by atoms with Crippen LogP contribution in [-0.2, 0) is 0 Å². The molecule has 0 bridgehead atoms. The number of hydrogen-bond donors (Lipinski definition) is 0. The minimum Gasteiger partial charge on any atom is -0.263 e. The Labute approximate surface area is 100.0 Å². The third-order valence-electron chi connectivity index (χ3n) is 2.72. The van der Waals surface area contributed by atoms with E-state index in [9.17, 15) is 0 Å². The molecule has 0 aliphatic heterocycles. The van der Waals surface area contributed by atoms with Crippen molar-refractivity contribution in [2.24, 2.45) is 0 Å². The molecule has 0 unspecified atom stereocenters. The fourth-order valence-corrected chi connectivity index (χ4v) is 2.99. The van der Waals surface area contributed by atoms with Gasteiger partial charge in [-0.15, -0.1) is 11.3 Å². The van der Waals surface area contributed by atoms with E-state index in [-0.39, 0.29) is 0 Å². The second-order valence-electron chi connectivity index (χ2n) is 3.74. The summed E-state index contributed by atoms with van der Waals surface area (Å²) in [7, 11) is 0. The van der Waals surface area contributed by atoms with Crippen LogP contribution in [0, 0.1) is 0 Å². The minimum atomic E-state index is 0.830. The fraction of sp³-hybridized carbons (Fsp3) is 0. The van der Waals surface area contributed by atoms with Crippen LogP contribution < -0.4 is 0 Å². The molecular formula is C12H6N4S. The van der Waals surface area contributed by atoms with Crippen molar-refractivity contribution in [2.45, 2.75) is 0 Å². The van der Waals surface area contributed by atoms with Crippen LogP contribution in [0.25, 0.3) is 31.3 Å². The zero-order valence-electron chi connectivity index (χ0n) is 8.66. The van der Waals surface area contributed by atoms with Crippen molar-refractivity contribution in [3.05, 3.63) is 37.1 Å². The number of nitrogens with zero attached hydrogens (tertiary/aromatic N) is 4. The predicted octanol–water partition coefficient (Wildman–Crippen LogP) is 2.79. The molecular weight excluding hydrogens is 232 g/mol. The van der Waals surface area contributed by atoms with E-state index in [0.29, 0.717) is 0 Å². The summed E-state index contributed by atoms with van der Waals surface area (Å²) in [5.74, 6) is 0. The highest BCUT2D eigenvalue weighted by Gasteiger charge is 2.08. The van der Waals surface area contributed by atoms with E-state index in [1.165, 1.54) is 0 Å². The molecule has 4 aromatic rings. The first-order chi connectivity index (χ1) is 8.42. The van der Waals surface area contributed by atoms with E-state index in [4.69, 9.17) is 0 Å². The summed E-state index contributed by atoms with van der Waals surface area (Å²) >= 11 is 1.69. The van der Waals surface area contributed by atoms with E-state index in [1.54, 1.807) is 30.1 Å². The smallest absolute Gasteiger partial charge is 0.116 e. The molecule has 0 radical (unpaired) electrons. The maximum Gasteiger partial charge on any atom is 0.116 e. The van der Waals surface area contributed by atoms with Gasteiger partial charge in [-0.05, 0) is 12.1 Å². The molecule has 4 nitrogen and oxygen atoms in total. The monoisotopic (exact) mass is 238 g/mol. The summed E-state index contributed by atoms with van der Waals surface area (Å²) in [4.78, 5) is 17.0. The number of fused-ring (bicyclic) bond motifs is 4. The molecule has 17 heavy (non-hydrogen) atoms. The standard InChI is InChI=1S/C12H6N4S/c1-2-13-5-11-7(1)12-10(17-11)3-8-9(16-12)4-14-6-15-8/h1-6H. The molecule has 0 fully saturated rings. The van der Waals surface area contributed by atoms with Crippen molar-refractivity contribution in [3.8, 4) is 0 Å². The Kier molecular flexibility index (Phi) is 1.67. The van der Waals surface area contributed by atoms with Crippen LogP contribution >= 0.6 is 11.3 Å². The van der Waals surface area contributed by atoms with Crippen LogP contribution in [-0.4, -0.2) is 19.9 Å². The SMILES string of the molecule is c1cc2c(cn1)sc1cc3ncncc3nc12. The largest absolute Gasteiger partial charge is 0.263 e. The van der Waals surface area contributed by atoms with E-state index < -0.39 is 0 Å². The van der Waals surface area contributed by atoms with E-state index in [0.717, 1.165) is 31.3 Å². The van der Waals surface area contributed by atoms with Gasteiger partial charge in [-0.2, -0.15) is 0 Å². The fourth-order valence-electron chi connectivity index (χ4n) is 1.94. The number of pyridine rings is 2. The molecule has 0 aromatic carbocycles. The van der Waals surface area contributed by atoms with Crippen molar-refractivity contribution in [2.75, 3.05) is 0 Å². The molecule has 80 valence electrons. The summed E-state index contributed by atoms with van der Waals surface area (Å²) in [6, 6.07) is 4.06. The molecule has 0 amide bonds. The lowest BCUT2D eigenvalue weighted by molar-refractivity contribution is 1.21. The Hall–Kier alpha value is -2.14. The van der Waals surface area contributed by atoms with Crippen molar-refractivity contribution in [3.63, 3.8) is 0 Å². The number of hydrogen-bond acceptors (Lipinski definition) is 5. The Bertz CT molecular complexity index is 847. The Morgan fingerprint density at radius 1 is 1.00 bits per heavy atom. The summed E-state index contributed by atoms with van der Waals surface area (Å²) in [5.41, 5.74) is 2.72. The highest BCUT2D eigenvalue weighted by Crippen LogP contribution is 2.32. The van der Waals surface area contributed by atoms with Crippen molar-refractivity contribution >= 4 is 42.7 Å². The maximum absolute atomic E-state index is 4.62. The normalized spacial score (nSPS) is 11.5. The zero-order chi connectivity index (χ0) is 11.2. The van der Waals surface area contributed by atoms with Gasteiger partial charge in [0, 0.05) is 17.8 Å². The summed E-state index contributed by atoms with van der Waals surface area (Å²) in [6.45, 7) is 0. The van der Waals surface area contributed by atoms with E-state index >= 15 is 0 Å². The molecule has 4 heterocycles. The molecule has 5 heteroatoms. The molecule has 0 spiro atoms. The molecule has 0 N–H and O–H groups in total. The summed E-state index contributed by atoms with van der Waals surface area (Å²) in [6.07, 6.45) is 6.96. The third-order valence-corrected chi connectivity index (χ3v) is 3.79. The highest BCUT2D eigenvalue weighted by molar-refractivity contribution is 7.25. The molecule has 4 aromatic heterocycles. The van der Waals surface area contributed by atoms with Gasteiger partial charge < -0.3 is 0 Å². The third kappa shape index (κ3) is 1.23. The van der Waals surface area contributed by atoms with Crippen LogP contribution in [0.4, 0.5) is 0 Å². The second kappa shape index (κ2) is 3.18. The van der Waals surface area contributed by atoms with Crippen LogP contribution in [0.5, 0.6) is 0 Å². The van der Waals surface area contributed by atoms with Gasteiger partial charge in [-0.1, -0.05) is 0 Å². The lowest BCUT2D eigenvalue weighted by atomic mass is 10.2. The Morgan fingerprint density at radius 2 is 2.00 bits per heavy atom. The number of aromatic nitrogens is 4. The van der Waals surface area contributed by atoms with Crippen LogP contribution in [0.2, 0.25) is 0 Å². The van der Waals surface area contributed by atoms with Gasteiger partial charge in [-0.3, -0.25) is 4.98 Å². The van der Waals surface area contributed by atoms with Crippen LogP contribution in [0.15, 0.2) is 37.1 Å². The Morgan fingerprint density at radius 3 is 3.00 bits per heavy atom. The van der Waals surface area contributed by atoms with Gasteiger partial charge in [0.2, 0.25) is 0 Å². The van der Waals surface area contributed by atoms with E-state index in [2.05, 4.69) is 26.0 Å². The zero-order valence-corrected chi connectivity index (χ0v) is 9.48. The first kappa shape index (κ1) is 8.95. The van der Waals surface area contributed by atoms with Crippen LogP contribution in [0.3, 0.4) is 0 Å². The van der Waals surface area contributed by atoms with Crippen LogP contribution in [0.1, 0.15) is 0 Å². The van der Waals surface area contributed by atoms with Crippen molar-refractivity contribution < 1.29 is 0 Å². The number of thiophene rings is 1. The lowest BCUT2D eigenvalue weighted by Gasteiger charge is -1.95. The summed E-state index contributed by atoms with van der Waals surface area (Å²) in [5, 5.41) is 1.14. The van der Waals surface area contributed by atoms with Gasteiger partial charge >= 0.3 is 0 Å².